The SMILES string of the molecule is CC(C)S(=O)(=O)Nc1ccc2c(c1)N(S(=O)(=O)c1ccc(F)cc1)CCC2. The van der Waals surface area contributed by atoms with Crippen LogP contribution in [0.25, 0.3) is 0 Å². The van der Waals surface area contributed by atoms with E-state index in [-0.39, 0.29) is 11.4 Å². The van der Waals surface area contributed by atoms with E-state index in [1.165, 1.54) is 22.5 Å². The van der Waals surface area contributed by atoms with E-state index in [1.54, 1.807) is 26.0 Å². The van der Waals surface area contributed by atoms with Crippen molar-refractivity contribution in [3.63, 3.8) is 0 Å². The lowest BCUT2D eigenvalue weighted by atomic mass is 10.0. The molecule has 1 N–H and O–H groups in total. The minimum absolute atomic E-state index is 0.00934. The highest BCUT2D eigenvalue weighted by Crippen LogP contribution is 2.34. The highest BCUT2D eigenvalue weighted by Gasteiger charge is 2.29. The van der Waals surface area contributed by atoms with Gasteiger partial charge in [0.05, 0.1) is 21.5 Å². The standard InChI is InChI=1S/C18H21FN2O4S2/c1-13(2)26(22,23)20-16-8-5-14-4-3-11-21(18(14)12-16)27(24,25)17-9-6-15(19)7-10-17/h5-10,12-13,20H,3-4,11H2,1-2H3. The third kappa shape index (κ3) is 3.93. The minimum atomic E-state index is -3.88. The van der Waals surface area contributed by atoms with Crippen LogP contribution in [0.15, 0.2) is 47.4 Å². The summed E-state index contributed by atoms with van der Waals surface area (Å²) in [7, 11) is -7.43. The largest absolute Gasteiger partial charge is 0.283 e. The molecule has 0 spiro atoms. The first kappa shape index (κ1) is 19.6. The molecule has 0 aromatic heterocycles. The fraction of sp³-hybridized carbons (Fsp3) is 0.333. The number of aryl methyl sites for hydroxylation is 1. The summed E-state index contributed by atoms with van der Waals surface area (Å²) in [5, 5.41) is -0.618. The van der Waals surface area contributed by atoms with Crippen molar-refractivity contribution in [2.75, 3.05) is 15.6 Å². The van der Waals surface area contributed by atoms with Crippen LogP contribution < -0.4 is 9.03 Å². The fourth-order valence-electron chi connectivity index (χ4n) is 2.87. The van der Waals surface area contributed by atoms with E-state index < -0.39 is 31.1 Å². The molecular weight excluding hydrogens is 391 g/mol. The normalized spacial score (nSPS) is 14.9. The summed E-state index contributed by atoms with van der Waals surface area (Å²) < 4.78 is 67.2. The first-order valence-corrected chi connectivity index (χ1v) is 11.5. The zero-order valence-electron chi connectivity index (χ0n) is 15.0. The third-order valence-corrected chi connectivity index (χ3v) is 8.03. The molecular formula is C18H21FN2O4S2. The van der Waals surface area contributed by atoms with Crippen molar-refractivity contribution in [2.45, 2.75) is 36.8 Å². The first-order chi connectivity index (χ1) is 12.6. The Morgan fingerprint density at radius 1 is 1.04 bits per heavy atom. The highest BCUT2D eigenvalue weighted by molar-refractivity contribution is 7.93. The van der Waals surface area contributed by atoms with Gasteiger partial charge in [0, 0.05) is 6.54 Å². The summed E-state index contributed by atoms with van der Waals surface area (Å²) in [4.78, 5) is -0.00934. The van der Waals surface area contributed by atoms with Gasteiger partial charge in [0.2, 0.25) is 10.0 Å². The smallest absolute Gasteiger partial charge is 0.264 e. The van der Waals surface area contributed by atoms with E-state index in [9.17, 15) is 21.2 Å². The van der Waals surface area contributed by atoms with E-state index in [0.29, 0.717) is 24.2 Å². The van der Waals surface area contributed by atoms with Gasteiger partial charge in [-0.25, -0.2) is 21.2 Å². The first-order valence-electron chi connectivity index (χ1n) is 8.54. The Morgan fingerprint density at radius 3 is 2.33 bits per heavy atom. The molecule has 0 radical (unpaired) electrons. The second-order valence-electron chi connectivity index (χ2n) is 6.67. The molecule has 0 unspecified atom stereocenters. The topological polar surface area (TPSA) is 83.6 Å². The quantitative estimate of drug-likeness (QED) is 0.818. The van der Waals surface area contributed by atoms with Crippen molar-refractivity contribution >= 4 is 31.4 Å². The molecule has 1 aliphatic rings. The Hall–Kier alpha value is -2.13. The van der Waals surface area contributed by atoms with Crippen LogP contribution in [-0.2, 0) is 26.5 Å². The van der Waals surface area contributed by atoms with Crippen molar-refractivity contribution < 1.29 is 21.2 Å². The zero-order valence-corrected chi connectivity index (χ0v) is 16.6. The Bertz CT molecular complexity index is 1050. The average molecular weight is 413 g/mol. The van der Waals surface area contributed by atoms with Gasteiger partial charge >= 0.3 is 0 Å². The van der Waals surface area contributed by atoms with Crippen LogP contribution >= 0.6 is 0 Å². The van der Waals surface area contributed by atoms with Crippen molar-refractivity contribution in [1.82, 2.24) is 0 Å². The Labute approximate surface area is 159 Å². The number of benzene rings is 2. The van der Waals surface area contributed by atoms with E-state index in [0.717, 1.165) is 17.7 Å². The zero-order chi connectivity index (χ0) is 19.8. The molecule has 0 bridgehead atoms. The van der Waals surface area contributed by atoms with Crippen LogP contribution in [0.4, 0.5) is 15.8 Å². The minimum Gasteiger partial charge on any atom is -0.283 e. The van der Waals surface area contributed by atoms with Gasteiger partial charge in [-0.3, -0.25) is 9.03 Å². The van der Waals surface area contributed by atoms with Gasteiger partial charge in [-0.2, -0.15) is 0 Å². The number of halogens is 1. The summed E-state index contributed by atoms with van der Waals surface area (Å²) in [5.74, 6) is -0.515. The molecule has 27 heavy (non-hydrogen) atoms. The van der Waals surface area contributed by atoms with Gasteiger partial charge in [-0.1, -0.05) is 6.07 Å². The Kier molecular flexibility index (Phi) is 5.18. The van der Waals surface area contributed by atoms with Gasteiger partial charge in [0.1, 0.15) is 5.82 Å². The maximum Gasteiger partial charge on any atom is 0.264 e. The van der Waals surface area contributed by atoms with Gasteiger partial charge in [-0.15, -0.1) is 0 Å². The van der Waals surface area contributed by atoms with E-state index in [2.05, 4.69) is 4.72 Å². The molecule has 0 saturated heterocycles. The van der Waals surface area contributed by atoms with Gasteiger partial charge in [-0.05, 0) is 68.7 Å². The van der Waals surface area contributed by atoms with Crippen LogP contribution in [0.3, 0.4) is 0 Å². The Morgan fingerprint density at radius 2 is 1.70 bits per heavy atom. The number of nitrogens with one attached hydrogen (secondary N) is 1. The lowest BCUT2D eigenvalue weighted by Gasteiger charge is -2.31. The number of hydrogen-bond acceptors (Lipinski definition) is 4. The number of anilines is 2. The number of rotatable bonds is 5. The molecule has 6 nitrogen and oxygen atoms in total. The fourth-order valence-corrected chi connectivity index (χ4v) is 5.09. The van der Waals surface area contributed by atoms with Crippen molar-refractivity contribution in [3.8, 4) is 0 Å². The molecule has 3 rings (SSSR count). The summed E-state index contributed by atoms with van der Waals surface area (Å²) in [6.07, 6.45) is 1.34. The predicted molar refractivity (Wildman–Crippen MR) is 103 cm³/mol. The van der Waals surface area contributed by atoms with Crippen molar-refractivity contribution in [2.24, 2.45) is 0 Å². The molecule has 2 aromatic carbocycles. The molecule has 1 heterocycles. The number of sulfonamides is 2. The molecule has 9 heteroatoms. The number of hydrogen-bond donors (Lipinski definition) is 1. The summed E-state index contributed by atoms with van der Waals surface area (Å²) in [6.45, 7) is 3.39. The van der Waals surface area contributed by atoms with Gasteiger partial charge < -0.3 is 0 Å². The molecule has 1 aliphatic heterocycles. The molecule has 0 fully saturated rings. The van der Waals surface area contributed by atoms with E-state index in [4.69, 9.17) is 0 Å². The van der Waals surface area contributed by atoms with Crippen LogP contribution in [0, 0.1) is 5.82 Å². The van der Waals surface area contributed by atoms with Gasteiger partial charge in [0.25, 0.3) is 10.0 Å². The van der Waals surface area contributed by atoms with Crippen molar-refractivity contribution in [1.29, 1.82) is 0 Å². The lowest BCUT2D eigenvalue weighted by molar-refractivity contribution is 0.585. The number of nitrogens with zero attached hydrogens (tertiary/aromatic N) is 1. The molecule has 2 aromatic rings. The molecule has 0 atom stereocenters. The maximum atomic E-state index is 13.2. The monoisotopic (exact) mass is 412 g/mol. The molecule has 0 amide bonds. The summed E-state index contributed by atoms with van der Waals surface area (Å²) in [5.41, 5.74) is 1.57. The van der Waals surface area contributed by atoms with Crippen LogP contribution in [0.1, 0.15) is 25.8 Å². The number of fused-ring (bicyclic) bond motifs is 1. The third-order valence-electron chi connectivity index (χ3n) is 4.44. The van der Waals surface area contributed by atoms with Crippen LogP contribution in [0.5, 0.6) is 0 Å². The maximum absolute atomic E-state index is 13.2. The highest BCUT2D eigenvalue weighted by atomic mass is 32.2. The summed E-state index contributed by atoms with van der Waals surface area (Å²) >= 11 is 0. The average Bonchev–Trinajstić information content (AvgIpc) is 2.61. The second kappa shape index (κ2) is 7.12. The second-order valence-corrected chi connectivity index (χ2v) is 10.8. The van der Waals surface area contributed by atoms with Crippen LogP contribution in [-0.4, -0.2) is 28.6 Å². The van der Waals surface area contributed by atoms with E-state index in [1.807, 2.05) is 0 Å². The lowest BCUT2D eigenvalue weighted by Crippen LogP contribution is -2.35. The van der Waals surface area contributed by atoms with Crippen LogP contribution in [0.2, 0.25) is 0 Å². The predicted octanol–water partition coefficient (Wildman–Crippen LogP) is 3.12. The van der Waals surface area contributed by atoms with Gasteiger partial charge in [0.15, 0.2) is 0 Å². The molecule has 0 saturated carbocycles. The summed E-state index contributed by atoms with van der Waals surface area (Å²) in [6, 6.07) is 9.56. The Balaban J connectivity index is 2.02. The van der Waals surface area contributed by atoms with Crippen molar-refractivity contribution in [3.05, 3.63) is 53.8 Å². The molecule has 146 valence electrons. The van der Waals surface area contributed by atoms with E-state index >= 15 is 0 Å². The molecule has 0 aliphatic carbocycles.